The van der Waals surface area contributed by atoms with Crippen molar-refractivity contribution in [2.75, 3.05) is 18.0 Å². The SMILES string of the molecule is Cc1cc(C)nc(N2CCC(Cn3cncc(C)c3=O)CC2)n1. The summed E-state index contributed by atoms with van der Waals surface area (Å²) in [5, 5.41) is 0. The van der Waals surface area contributed by atoms with E-state index < -0.39 is 0 Å². The first-order valence-electron chi connectivity index (χ1n) is 8.11. The molecule has 3 heterocycles. The number of hydrogen-bond acceptors (Lipinski definition) is 5. The normalized spacial score (nSPS) is 15.9. The third-order valence-corrected chi connectivity index (χ3v) is 4.40. The van der Waals surface area contributed by atoms with E-state index in [9.17, 15) is 4.79 Å². The zero-order valence-corrected chi connectivity index (χ0v) is 14.0. The summed E-state index contributed by atoms with van der Waals surface area (Å²) in [4.78, 5) is 27.5. The molecule has 0 saturated carbocycles. The Morgan fingerprint density at radius 2 is 1.78 bits per heavy atom. The molecule has 2 aromatic heterocycles. The van der Waals surface area contributed by atoms with E-state index in [0.29, 0.717) is 11.5 Å². The Bertz CT molecular complexity index is 727. The van der Waals surface area contributed by atoms with Crippen LogP contribution in [0.2, 0.25) is 0 Å². The second kappa shape index (κ2) is 6.48. The molecule has 6 heteroatoms. The van der Waals surface area contributed by atoms with Crippen molar-refractivity contribution in [1.29, 1.82) is 0 Å². The van der Waals surface area contributed by atoms with Crippen LogP contribution in [0.15, 0.2) is 23.4 Å². The Morgan fingerprint density at radius 3 is 2.43 bits per heavy atom. The van der Waals surface area contributed by atoms with Gasteiger partial charge in [-0.05, 0) is 45.6 Å². The summed E-state index contributed by atoms with van der Waals surface area (Å²) in [6.07, 6.45) is 5.35. The fourth-order valence-corrected chi connectivity index (χ4v) is 3.13. The topological polar surface area (TPSA) is 63.9 Å². The van der Waals surface area contributed by atoms with E-state index in [0.717, 1.165) is 49.8 Å². The van der Waals surface area contributed by atoms with Crippen LogP contribution in [-0.4, -0.2) is 32.6 Å². The number of aryl methyl sites for hydroxylation is 3. The van der Waals surface area contributed by atoms with Crippen LogP contribution in [0.5, 0.6) is 0 Å². The van der Waals surface area contributed by atoms with Gasteiger partial charge >= 0.3 is 0 Å². The Kier molecular flexibility index (Phi) is 4.41. The zero-order chi connectivity index (χ0) is 16.4. The van der Waals surface area contributed by atoms with Gasteiger partial charge in [-0.2, -0.15) is 0 Å². The largest absolute Gasteiger partial charge is 0.341 e. The van der Waals surface area contributed by atoms with Crippen LogP contribution >= 0.6 is 0 Å². The predicted molar refractivity (Wildman–Crippen MR) is 89.7 cm³/mol. The van der Waals surface area contributed by atoms with Crippen LogP contribution in [0.1, 0.15) is 29.8 Å². The summed E-state index contributed by atoms with van der Waals surface area (Å²) in [5.74, 6) is 1.33. The maximum Gasteiger partial charge on any atom is 0.256 e. The van der Waals surface area contributed by atoms with Crippen molar-refractivity contribution in [3.05, 3.63) is 45.9 Å². The smallest absolute Gasteiger partial charge is 0.256 e. The molecule has 1 aliphatic heterocycles. The summed E-state index contributed by atoms with van der Waals surface area (Å²) in [6, 6.07) is 1.99. The summed E-state index contributed by atoms with van der Waals surface area (Å²) < 4.78 is 1.74. The minimum atomic E-state index is 0.0695. The van der Waals surface area contributed by atoms with Gasteiger partial charge in [0.15, 0.2) is 0 Å². The van der Waals surface area contributed by atoms with Crippen molar-refractivity contribution in [1.82, 2.24) is 19.5 Å². The van der Waals surface area contributed by atoms with E-state index in [1.54, 1.807) is 17.1 Å². The first-order valence-corrected chi connectivity index (χ1v) is 8.11. The number of aromatic nitrogens is 4. The van der Waals surface area contributed by atoms with Crippen LogP contribution in [0.4, 0.5) is 5.95 Å². The molecule has 1 fully saturated rings. The quantitative estimate of drug-likeness (QED) is 0.865. The van der Waals surface area contributed by atoms with Gasteiger partial charge in [0.1, 0.15) is 0 Å². The van der Waals surface area contributed by atoms with E-state index >= 15 is 0 Å². The molecule has 0 amide bonds. The minimum Gasteiger partial charge on any atom is -0.341 e. The maximum absolute atomic E-state index is 12.1. The maximum atomic E-state index is 12.1. The highest BCUT2D eigenvalue weighted by molar-refractivity contribution is 5.32. The second-order valence-electron chi connectivity index (χ2n) is 6.42. The Labute approximate surface area is 136 Å². The molecule has 0 unspecified atom stereocenters. The number of hydrogen-bond donors (Lipinski definition) is 0. The predicted octanol–water partition coefficient (Wildman–Crippen LogP) is 1.88. The molecular weight excluding hydrogens is 290 g/mol. The fraction of sp³-hybridized carbons (Fsp3) is 0.529. The van der Waals surface area contributed by atoms with Crippen molar-refractivity contribution in [2.24, 2.45) is 5.92 Å². The van der Waals surface area contributed by atoms with Crippen molar-refractivity contribution in [3.63, 3.8) is 0 Å². The average molecular weight is 313 g/mol. The lowest BCUT2D eigenvalue weighted by atomic mass is 9.97. The molecule has 0 aliphatic carbocycles. The molecule has 0 bridgehead atoms. The van der Waals surface area contributed by atoms with Crippen molar-refractivity contribution >= 4 is 5.95 Å². The van der Waals surface area contributed by atoms with Gasteiger partial charge in [0.2, 0.25) is 5.95 Å². The number of nitrogens with zero attached hydrogens (tertiary/aromatic N) is 5. The molecule has 0 atom stereocenters. The molecule has 0 N–H and O–H groups in total. The summed E-state index contributed by atoms with van der Waals surface area (Å²) in [6.45, 7) is 8.42. The van der Waals surface area contributed by atoms with Gasteiger partial charge in [0.05, 0.1) is 6.33 Å². The molecule has 2 aromatic rings. The molecule has 1 aliphatic rings. The second-order valence-corrected chi connectivity index (χ2v) is 6.42. The van der Waals surface area contributed by atoms with Crippen LogP contribution in [0.3, 0.4) is 0 Å². The van der Waals surface area contributed by atoms with E-state index in [1.807, 2.05) is 26.8 Å². The van der Waals surface area contributed by atoms with E-state index in [1.165, 1.54) is 0 Å². The molecule has 122 valence electrons. The summed E-state index contributed by atoms with van der Waals surface area (Å²) in [7, 11) is 0. The van der Waals surface area contributed by atoms with Crippen molar-refractivity contribution in [3.8, 4) is 0 Å². The molecule has 0 spiro atoms. The van der Waals surface area contributed by atoms with Crippen molar-refractivity contribution < 1.29 is 0 Å². The molecule has 3 rings (SSSR count). The first kappa shape index (κ1) is 15.6. The lowest BCUT2D eigenvalue weighted by molar-refractivity contribution is 0.348. The van der Waals surface area contributed by atoms with Crippen LogP contribution in [0.25, 0.3) is 0 Å². The van der Waals surface area contributed by atoms with Gasteiger partial charge in [0, 0.05) is 42.8 Å². The minimum absolute atomic E-state index is 0.0695. The van der Waals surface area contributed by atoms with Gasteiger partial charge in [0.25, 0.3) is 5.56 Å². The molecule has 0 aromatic carbocycles. The third kappa shape index (κ3) is 3.57. The lowest BCUT2D eigenvalue weighted by Crippen LogP contribution is -2.37. The summed E-state index contributed by atoms with van der Waals surface area (Å²) >= 11 is 0. The van der Waals surface area contributed by atoms with E-state index in [2.05, 4.69) is 19.9 Å². The Hall–Kier alpha value is -2.24. The highest BCUT2D eigenvalue weighted by atomic mass is 16.1. The van der Waals surface area contributed by atoms with Crippen LogP contribution in [-0.2, 0) is 6.54 Å². The fourth-order valence-electron chi connectivity index (χ4n) is 3.13. The van der Waals surface area contributed by atoms with E-state index in [-0.39, 0.29) is 5.56 Å². The number of anilines is 1. The summed E-state index contributed by atoms with van der Waals surface area (Å²) in [5.41, 5.74) is 2.78. The highest BCUT2D eigenvalue weighted by Gasteiger charge is 2.22. The molecule has 0 radical (unpaired) electrons. The monoisotopic (exact) mass is 313 g/mol. The van der Waals surface area contributed by atoms with Gasteiger partial charge in [-0.25, -0.2) is 15.0 Å². The van der Waals surface area contributed by atoms with Crippen LogP contribution < -0.4 is 10.5 Å². The Morgan fingerprint density at radius 1 is 1.13 bits per heavy atom. The Balaban J connectivity index is 1.64. The standard InChI is InChI=1S/C17H23N5O/c1-12-9-18-11-22(16(12)23)10-15-4-6-21(7-5-15)17-19-13(2)8-14(3)20-17/h8-9,11,15H,4-7,10H2,1-3H3. The zero-order valence-electron chi connectivity index (χ0n) is 14.0. The number of piperidine rings is 1. The average Bonchev–Trinajstić information content (AvgIpc) is 2.52. The molecular formula is C17H23N5O. The highest BCUT2D eigenvalue weighted by Crippen LogP contribution is 2.22. The van der Waals surface area contributed by atoms with Crippen molar-refractivity contribution in [2.45, 2.75) is 40.2 Å². The van der Waals surface area contributed by atoms with Gasteiger partial charge in [-0.1, -0.05) is 0 Å². The number of rotatable bonds is 3. The van der Waals surface area contributed by atoms with Gasteiger partial charge < -0.3 is 4.90 Å². The lowest BCUT2D eigenvalue weighted by Gasteiger charge is -2.32. The first-order chi connectivity index (χ1) is 11.0. The van der Waals surface area contributed by atoms with Crippen LogP contribution in [0, 0.1) is 26.7 Å². The van der Waals surface area contributed by atoms with Gasteiger partial charge in [-0.15, -0.1) is 0 Å². The van der Waals surface area contributed by atoms with E-state index in [4.69, 9.17) is 0 Å². The molecule has 1 saturated heterocycles. The molecule has 6 nitrogen and oxygen atoms in total. The third-order valence-electron chi connectivity index (χ3n) is 4.40. The molecule has 23 heavy (non-hydrogen) atoms. The van der Waals surface area contributed by atoms with Gasteiger partial charge in [-0.3, -0.25) is 9.36 Å².